The summed E-state index contributed by atoms with van der Waals surface area (Å²) in [6.07, 6.45) is 4.92. The Kier molecular flexibility index (Phi) is 4.00. The number of nitrogens with two attached hydrogens (primary N) is 1. The molecule has 1 aromatic carbocycles. The lowest BCUT2D eigenvalue weighted by molar-refractivity contribution is -0.0886. The van der Waals surface area contributed by atoms with Gasteiger partial charge in [0.1, 0.15) is 0 Å². The molecule has 1 amide bonds. The average Bonchev–Trinajstić information content (AvgIpc) is 2.53. The number of aliphatic hydroxyl groups is 1. The highest BCUT2D eigenvalue weighted by Gasteiger charge is 2.43. The van der Waals surface area contributed by atoms with Crippen molar-refractivity contribution in [3.05, 3.63) is 35.4 Å². The first-order valence-electron chi connectivity index (χ1n) is 7.93. The van der Waals surface area contributed by atoms with Crippen molar-refractivity contribution in [2.24, 2.45) is 11.7 Å². The predicted octanol–water partition coefficient (Wildman–Crippen LogP) is 1.91. The standard InChI is InChI=1S/C17H24N2O2/c18-11-13-4-6-14(7-5-13)16(20)19-10-9-17(21)8-2-1-3-15(17)12-19/h4-7,15,21H,1-3,8-12,18H2. The van der Waals surface area contributed by atoms with Gasteiger partial charge in [0.2, 0.25) is 0 Å². The Balaban J connectivity index is 1.70. The van der Waals surface area contributed by atoms with Crippen LogP contribution < -0.4 is 5.73 Å². The van der Waals surface area contributed by atoms with Crippen molar-refractivity contribution in [2.75, 3.05) is 13.1 Å². The largest absolute Gasteiger partial charge is 0.389 e. The SMILES string of the molecule is NCc1ccc(C(=O)N2CCC3(O)CCCCC3C2)cc1. The second-order valence-corrected chi connectivity index (χ2v) is 6.45. The third-order valence-corrected chi connectivity index (χ3v) is 5.15. The number of rotatable bonds is 2. The van der Waals surface area contributed by atoms with Crippen LogP contribution in [-0.2, 0) is 6.54 Å². The molecule has 1 saturated carbocycles. The van der Waals surface area contributed by atoms with Crippen LogP contribution in [0.25, 0.3) is 0 Å². The maximum atomic E-state index is 12.6. The summed E-state index contributed by atoms with van der Waals surface area (Å²) in [5.74, 6) is 0.318. The van der Waals surface area contributed by atoms with E-state index >= 15 is 0 Å². The first-order valence-corrected chi connectivity index (χ1v) is 7.93. The van der Waals surface area contributed by atoms with Crippen LogP contribution in [0.1, 0.15) is 48.0 Å². The number of hydrogen-bond acceptors (Lipinski definition) is 3. The molecule has 4 nitrogen and oxygen atoms in total. The minimum Gasteiger partial charge on any atom is -0.389 e. The third-order valence-electron chi connectivity index (χ3n) is 5.15. The summed E-state index contributed by atoms with van der Waals surface area (Å²) in [5, 5.41) is 10.7. The Morgan fingerprint density at radius 1 is 1.29 bits per heavy atom. The van der Waals surface area contributed by atoms with Gasteiger partial charge < -0.3 is 15.7 Å². The van der Waals surface area contributed by atoms with E-state index in [0.29, 0.717) is 31.6 Å². The van der Waals surface area contributed by atoms with Gasteiger partial charge in [-0.2, -0.15) is 0 Å². The molecule has 4 heteroatoms. The van der Waals surface area contributed by atoms with Crippen LogP contribution in [0.15, 0.2) is 24.3 Å². The van der Waals surface area contributed by atoms with E-state index in [4.69, 9.17) is 5.73 Å². The van der Waals surface area contributed by atoms with Gasteiger partial charge in [0.25, 0.3) is 5.91 Å². The van der Waals surface area contributed by atoms with E-state index in [2.05, 4.69) is 0 Å². The van der Waals surface area contributed by atoms with E-state index in [1.807, 2.05) is 29.2 Å². The van der Waals surface area contributed by atoms with Crippen LogP contribution in [-0.4, -0.2) is 34.6 Å². The fourth-order valence-corrected chi connectivity index (χ4v) is 3.72. The van der Waals surface area contributed by atoms with Crippen molar-refractivity contribution in [3.63, 3.8) is 0 Å². The molecule has 21 heavy (non-hydrogen) atoms. The summed E-state index contributed by atoms with van der Waals surface area (Å²) in [7, 11) is 0. The smallest absolute Gasteiger partial charge is 0.253 e. The minimum atomic E-state index is -0.529. The average molecular weight is 288 g/mol. The molecule has 0 spiro atoms. The lowest BCUT2D eigenvalue weighted by Crippen LogP contribution is -2.54. The number of likely N-dealkylation sites (tertiary alicyclic amines) is 1. The third kappa shape index (κ3) is 2.83. The summed E-state index contributed by atoms with van der Waals surface area (Å²) in [6.45, 7) is 1.84. The molecule has 1 heterocycles. The molecule has 2 unspecified atom stereocenters. The van der Waals surface area contributed by atoms with Crippen molar-refractivity contribution >= 4 is 5.91 Å². The first kappa shape index (κ1) is 14.5. The van der Waals surface area contributed by atoms with Crippen LogP contribution in [0.2, 0.25) is 0 Å². The molecule has 2 atom stereocenters. The van der Waals surface area contributed by atoms with Gasteiger partial charge >= 0.3 is 0 Å². The number of fused-ring (bicyclic) bond motifs is 1. The Hall–Kier alpha value is -1.39. The lowest BCUT2D eigenvalue weighted by atomic mass is 9.71. The first-order chi connectivity index (χ1) is 10.1. The molecule has 2 aliphatic rings. The lowest BCUT2D eigenvalue weighted by Gasteiger charge is -2.47. The van der Waals surface area contributed by atoms with E-state index in [1.165, 1.54) is 6.42 Å². The minimum absolute atomic E-state index is 0.0752. The van der Waals surface area contributed by atoms with E-state index in [9.17, 15) is 9.90 Å². The molecule has 1 aromatic rings. The molecule has 1 aliphatic heterocycles. The maximum absolute atomic E-state index is 12.6. The summed E-state index contributed by atoms with van der Waals surface area (Å²) in [4.78, 5) is 14.5. The van der Waals surface area contributed by atoms with Crippen molar-refractivity contribution in [3.8, 4) is 0 Å². The summed E-state index contributed by atoms with van der Waals surface area (Å²) in [6, 6.07) is 7.53. The zero-order chi connectivity index (χ0) is 14.9. The van der Waals surface area contributed by atoms with Crippen LogP contribution in [0.3, 0.4) is 0 Å². The van der Waals surface area contributed by atoms with E-state index in [-0.39, 0.29) is 11.8 Å². The highest BCUT2D eigenvalue weighted by atomic mass is 16.3. The fraction of sp³-hybridized carbons (Fsp3) is 0.588. The molecule has 2 fully saturated rings. The maximum Gasteiger partial charge on any atom is 0.253 e. The number of piperidine rings is 1. The highest BCUT2D eigenvalue weighted by Crippen LogP contribution is 2.40. The van der Waals surface area contributed by atoms with Gasteiger partial charge in [0.15, 0.2) is 0 Å². The van der Waals surface area contributed by atoms with Gasteiger partial charge in [0.05, 0.1) is 5.60 Å². The van der Waals surface area contributed by atoms with Crippen molar-refractivity contribution in [1.82, 2.24) is 4.90 Å². The zero-order valence-corrected chi connectivity index (χ0v) is 12.4. The highest BCUT2D eigenvalue weighted by molar-refractivity contribution is 5.94. The molecule has 0 bridgehead atoms. The molecular formula is C17H24N2O2. The molecule has 0 radical (unpaired) electrons. The second-order valence-electron chi connectivity index (χ2n) is 6.45. The van der Waals surface area contributed by atoms with Gasteiger partial charge in [-0.05, 0) is 37.0 Å². The number of amides is 1. The number of carbonyl (C=O) groups is 1. The molecule has 1 aliphatic carbocycles. The molecule has 114 valence electrons. The number of carbonyl (C=O) groups excluding carboxylic acids is 1. The van der Waals surface area contributed by atoms with Gasteiger partial charge in [-0.15, -0.1) is 0 Å². The van der Waals surface area contributed by atoms with E-state index in [0.717, 1.165) is 24.8 Å². The van der Waals surface area contributed by atoms with Gasteiger partial charge in [-0.1, -0.05) is 25.0 Å². The Morgan fingerprint density at radius 2 is 2.05 bits per heavy atom. The Labute approximate surface area is 125 Å². The summed E-state index contributed by atoms with van der Waals surface area (Å²) < 4.78 is 0. The Bertz CT molecular complexity index is 514. The summed E-state index contributed by atoms with van der Waals surface area (Å²) >= 11 is 0. The van der Waals surface area contributed by atoms with E-state index in [1.54, 1.807) is 0 Å². The van der Waals surface area contributed by atoms with Crippen molar-refractivity contribution in [2.45, 2.75) is 44.2 Å². The fourth-order valence-electron chi connectivity index (χ4n) is 3.72. The van der Waals surface area contributed by atoms with Gasteiger partial charge in [-0.25, -0.2) is 0 Å². The van der Waals surface area contributed by atoms with Crippen molar-refractivity contribution in [1.29, 1.82) is 0 Å². The molecule has 1 saturated heterocycles. The Morgan fingerprint density at radius 3 is 2.76 bits per heavy atom. The van der Waals surface area contributed by atoms with Crippen LogP contribution in [0, 0.1) is 5.92 Å². The van der Waals surface area contributed by atoms with Gasteiger partial charge in [0, 0.05) is 31.1 Å². The second kappa shape index (κ2) is 5.78. The molecule has 3 N–H and O–H groups in total. The van der Waals surface area contributed by atoms with Crippen LogP contribution in [0.5, 0.6) is 0 Å². The zero-order valence-electron chi connectivity index (χ0n) is 12.4. The molecule has 0 aromatic heterocycles. The summed E-state index contributed by atoms with van der Waals surface area (Å²) in [5.41, 5.74) is 6.80. The topological polar surface area (TPSA) is 66.6 Å². The van der Waals surface area contributed by atoms with Crippen LogP contribution >= 0.6 is 0 Å². The molecule has 3 rings (SSSR count). The van der Waals surface area contributed by atoms with E-state index < -0.39 is 5.60 Å². The quantitative estimate of drug-likeness (QED) is 0.873. The number of benzene rings is 1. The number of nitrogens with zero attached hydrogens (tertiary/aromatic N) is 1. The monoisotopic (exact) mass is 288 g/mol. The number of hydrogen-bond donors (Lipinski definition) is 2. The van der Waals surface area contributed by atoms with Crippen molar-refractivity contribution < 1.29 is 9.90 Å². The van der Waals surface area contributed by atoms with Gasteiger partial charge in [-0.3, -0.25) is 4.79 Å². The molecular weight excluding hydrogens is 264 g/mol. The predicted molar refractivity (Wildman–Crippen MR) is 81.8 cm³/mol. The normalized spacial score (nSPS) is 29.0. The van der Waals surface area contributed by atoms with Crippen LogP contribution in [0.4, 0.5) is 0 Å².